The monoisotopic (exact) mass is 296 g/mol. The van der Waals surface area contributed by atoms with E-state index in [1.807, 2.05) is 35.8 Å². The number of aryl methyl sites for hydroxylation is 1. The number of rotatable bonds is 3. The quantitative estimate of drug-likeness (QED) is 0.536. The van der Waals surface area contributed by atoms with Gasteiger partial charge in [-0.3, -0.25) is 15.1 Å². The number of carbonyl (C=O) groups is 1. The van der Waals surface area contributed by atoms with Crippen molar-refractivity contribution in [3.8, 4) is 0 Å². The van der Waals surface area contributed by atoms with Gasteiger partial charge >= 0.3 is 0 Å². The molecule has 0 atom stereocenters. The molecule has 17 heavy (non-hydrogen) atoms. The van der Waals surface area contributed by atoms with Crippen LogP contribution in [0.4, 0.5) is 0 Å². The highest BCUT2D eigenvalue weighted by Crippen LogP contribution is 2.06. The highest BCUT2D eigenvalue weighted by molar-refractivity contribution is 5.97. The van der Waals surface area contributed by atoms with Crippen molar-refractivity contribution >= 4 is 11.6 Å². The van der Waals surface area contributed by atoms with E-state index in [2.05, 4.69) is 0 Å². The number of hydrogen-bond donors (Lipinski definition) is 1. The molecule has 0 amide bonds. The van der Waals surface area contributed by atoms with Crippen LogP contribution in [0.1, 0.15) is 28.8 Å². The third-order valence-corrected chi connectivity index (χ3v) is 2.98. The van der Waals surface area contributed by atoms with E-state index in [9.17, 15) is 4.79 Å². The van der Waals surface area contributed by atoms with E-state index in [1.54, 1.807) is 0 Å². The zero-order chi connectivity index (χ0) is 11.5. The van der Waals surface area contributed by atoms with E-state index in [4.69, 9.17) is 5.73 Å². The first kappa shape index (κ1) is 13.9. The Balaban J connectivity index is 0.00000144. The molecule has 0 bridgehead atoms. The van der Waals surface area contributed by atoms with Crippen molar-refractivity contribution in [1.82, 2.24) is 0 Å². The average molecular weight is 297 g/mol. The molecule has 2 rings (SSSR count). The van der Waals surface area contributed by atoms with Crippen LogP contribution < -0.4 is 22.7 Å². The van der Waals surface area contributed by atoms with Crippen molar-refractivity contribution < 1.29 is 26.4 Å². The third kappa shape index (κ3) is 3.40. The highest BCUT2D eigenvalue weighted by Gasteiger charge is 2.19. The molecule has 1 aromatic carbocycles. The van der Waals surface area contributed by atoms with Gasteiger partial charge in [-0.05, 0) is 13.3 Å². The largest absolute Gasteiger partial charge is 1.00 e. The lowest BCUT2D eigenvalue weighted by Crippen LogP contribution is -3.00. The summed E-state index contributed by atoms with van der Waals surface area (Å²) in [5.74, 6) is 0.991. The van der Waals surface area contributed by atoms with E-state index in [0.717, 1.165) is 30.8 Å². The molecule has 92 valence electrons. The topological polar surface area (TPSA) is 46.1 Å². The van der Waals surface area contributed by atoms with Gasteiger partial charge in [0.25, 0.3) is 0 Å². The minimum atomic E-state index is 0. The van der Waals surface area contributed by atoms with Crippen LogP contribution >= 0.6 is 0 Å². The molecule has 0 unspecified atom stereocenters. The van der Waals surface area contributed by atoms with E-state index in [0.29, 0.717) is 6.54 Å². The first-order valence-electron chi connectivity index (χ1n) is 5.63. The van der Waals surface area contributed by atoms with Crippen molar-refractivity contribution in [2.75, 3.05) is 13.1 Å². The lowest BCUT2D eigenvalue weighted by atomic mass is 10.1. The molecule has 0 fully saturated rings. The Bertz CT molecular complexity index is 437. The third-order valence-electron chi connectivity index (χ3n) is 2.98. The van der Waals surface area contributed by atoms with Crippen LogP contribution in [-0.4, -0.2) is 29.3 Å². The van der Waals surface area contributed by atoms with Gasteiger partial charge < -0.3 is 17.0 Å². The lowest BCUT2D eigenvalue weighted by Gasteiger charge is -2.03. The SMILES string of the molecule is Cc1ccc(C(=O)C[N+]2=C(N)CCC2)cc1.[Br-]. The molecule has 0 saturated carbocycles. The summed E-state index contributed by atoms with van der Waals surface area (Å²) in [5.41, 5.74) is 7.76. The van der Waals surface area contributed by atoms with Crippen molar-refractivity contribution in [1.29, 1.82) is 0 Å². The van der Waals surface area contributed by atoms with Gasteiger partial charge in [-0.1, -0.05) is 29.8 Å². The summed E-state index contributed by atoms with van der Waals surface area (Å²) in [6, 6.07) is 7.68. The first-order valence-corrected chi connectivity index (χ1v) is 5.63. The summed E-state index contributed by atoms with van der Waals surface area (Å²) in [6.45, 7) is 3.33. The number of benzene rings is 1. The van der Waals surface area contributed by atoms with Crippen LogP contribution in [-0.2, 0) is 0 Å². The van der Waals surface area contributed by atoms with E-state index in [1.165, 1.54) is 5.56 Å². The van der Waals surface area contributed by atoms with Gasteiger partial charge in [0, 0.05) is 5.56 Å². The molecule has 4 heteroatoms. The molecule has 0 radical (unpaired) electrons. The Morgan fingerprint density at radius 1 is 1.35 bits per heavy atom. The summed E-state index contributed by atoms with van der Waals surface area (Å²) < 4.78 is 1.97. The second kappa shape index (κ2) is 5.96. The first-order chi connectivity index (χ1) is 7.66. The zero-order valence-electron chi connectivity index (χ0n) is 9.95. The maximum Gasteiger partial charge on any atom is 0.243 e. The molecular formula is C13H17BrN2O. The van der Waals surface area contributed by atoms with Gasteiger partial charge in [-0.2, -0.15) is 0 Å². The fourth-order valence-electron chi connectivity index (χ4n) is 1.94. The Labute approximate surface area is 112 Å². The number of Topliss-reactive ketones (excluding diaryl/α,β-unsaturated/α-hetero) is 1. The Hall–Kier alpha value is -1.16. The van der Waals surface area contributed by atoms with Crippen molar-refractivity contribution in [2.45, 2.75) is 19.8 Å². The molecule has 1 heterocycles. The van der Waals surface area contributed by atoms with Gasteiger partial charge in [0.1, 0.15) is 6.54 Å². The summed E-state index contributed by atoms with van der Waals surface area (Å²) in [7, 11) is 0. The summed E-state index contributed by atoms with van der Waals surface area (Å²) >= 11 is 0. The molecule has 3 nitrogen and oxygen atoms in total. The maximum absolute atomic E-state index is 11.9. The van der Waals surface area contributed by atoms with E-state index >= 15 is 0 Å². The van der Waals surface area contributed by atoms with Gasteiger partial charge in [0.2, 0.25) is 11.6 Å². The summed E-state index contributed by atoms with van der Waals surface area (Å²) in [6.07, 6.45) is 1.98. The molecular weight excluding hydrogens is 280 g/mol. The fraction of sp³-hybridized carbons (Fsp3) is 0.385. The smallest absolute Gasteiger partial charge is 0.243 e. The minimum Gasteiger partial charge on any atom is -1.00 e. The number of halogens is 1. The predicted molar refractivity (Wildman–Crippen MR) is 63.9 cm³/mol. The number of nitrogens with two attached hydrogens (primary N) is 1. The number of amidine groups is 1. The molecule has 0 saturated heterocycles. The summed E-state index contributed by atoms with van der Waals surface area (Å²) in [4.78, 5) is 11.9. The normalized spacial score (nSPS) is 14.6. The number of hydrogen-bond acceptors (Lipinski definition) is 2. The van der Waals surface area contributed by atoms with Gasteiger partial charge in [0.05, 0.1) is 13.0 Å². The van der Waals surface area contributed by atoms with Crippen LogP contribution in [0.5, 0.6) is 0 Å². The minimum absolute atomic E-state index is 0. The molecule has 2 N–H and O–H groups in total. The number of nitrogens with zero attached hydrogens (tertiary/aromatic N) is 1. The zero-order valence-corrected chi connectivity index (χ0v) is 11.5. The van der Waals surface area contributed by atoms with Crippen LogP contribution in [0.15, 0.2) is 24.3 Å². The number of carbonyl (C=O) groups excluding carboxylic acids is 1. The van der Waals surface area contributed by atoms with E-state index in [-0.39, 0.29) is 22.8 Å². The second-order valence-corrected chi connectivity index (χ2v) is 4.31. The molecule has 1 aliphatic heterocycles. The van der Waals surface area contributed by atoms with Gasteiger partial charge in [-0.25, -0.2) is 0 Å². The maximum atomic E-state index is 11.9. The van der Waals surface area contributed by atoms with Gasteiger partial charge in [0.15, 0.2) is 0 Å². The Kier molecular flexibility index (Phi) is 4.87. The van der Waals surface area contributed by atoms with Crippen molar-refractivity contribution in [3.63, 3.8) is 0 Å². The number of ketones is 1. The van der Waals surface area contributed by atoms with E-state index < -0.39 is 0 Å². The Morgan fingerprint density at radius 2 is 2.00 bits per heavy atom. The lowest BCUT2D eigenvalue weighted by molar-refractivity contribution is -0.507. The van der Waals surface area contributed by atoms with Crippen LogP contribution in [0.25, 0.3) is 0 Å². The molecule has 1 aromatic rings. The second-order valence-electron chi connectivity index (χ2n) is 4.31. The molecule has 0 aromatic heterocycles. The molecule has 1 aliphatic rings. The van der Waals surface area contributed by atoms with Crippen molar-refractivity contribution in [3.05, 3.63) is 35.4 Å². The predicted octanol–water partition coefficient (Wildman–Crippen LogP) is -1.65. The van der Waals surface area contributed by atoms with Crippen LogP contribution in [0, 0.1) is 6.92 Å². The average Bonchev–Trinajstić information content (AvgIpc) is 2.65. The highest BCUT2D eigenvalue weighted by atomic mass is 79.9. The summed E-state index contributed by atoms with van der Waals surface area (Å²) in [5, 5.41) is 0. The van der Waals surface area contributed by atoms with Crippen LogP contribution in [0.2, 0.25) is 0 Å². The molecule has 0 spiro atoms. The standard InChI is InChI=1S/C13H16N2O.BrH/c1-10-4-6-11(7-5-10)12(16)9-15-8-2-3-13(15)14;/h4-7,14H,2-3,8-9H2,1H3;1H. The Morgan fingerprint density at radius 3 is 2.53 bits per heavy atom. The van der Waals surface area contributed by atoms with Crippen molar-refractivity contribution in [2.24, 2.45) is 5.73 Å². The molecule has 0 aliphatic carbocycles. The van der Waals surface area contributed by atoms with Crippen LogP contribution in [0.3, 0.4) is 0 Å². The van der Waals surface area contributed by atoms with Gasteiger partial charge in [-0.15, -0.1) is 0 Å². The fourth-order valence-corrected chi connectivity index (χ4v) is 1.94.